The molecule has 1 aromatic heterocycles. The molecule has 0 radical (unpaired) electrons. The maximum absolute atomic E-state index is 12.3. The van der Waals surface area contributed by atoms with Gasteiger partial charge in [-0.2, -0.15) is 0 Å². The molecule has 1 atom stereocenters. The number of ether oxygens (including phenoxy) is 2. The lowest BCUT2D eigenvalue weighted by Crippen LogP contribution is -2.41. The molecule has 1 heterocycles. The zero-order valence-corrected chi connectivity index (χ0v) is 17.8. The van der Waals surface area contributed by atoms with Gasteiger partial charge >= 0.3 is 17.7 Å². The minimum atomic E-state index is -0.931. The Labute approximate surface area is 180 Å². The standard InChI is InChI=1S/C24H25NO6/c1-4-8-20-15(2)19-12-11-18(13-21(19)31-23(20)27)30-22(26)16(3)25-24(28)29-14-17-9-6-5-7-10-17/h5-7,9-13,16H,4,8,14H2,1-3H3,(H,25,28). The van der Waals surface area contributed by atoms with Crippen LogP contribution in [0.2, 0.25) is 0 Å². The summed E-state index contributed by atoms with van der Waals surface area (Å²) < 4.78 is 15.9. The van der Waals surface area contributed by atoms with Crippen LogP contribution in [0, 0.1) is 6.92 Å². The molecule has 162 valence electrons. The minimum Gasteiger partial charge on any atom is -0.445 e. The number of esters is 1. The third-order valence-electron chi connectivity index (χ3n) is 4.88. The van der Waals surface area contributed by atoms with Crippen molar-refractivity contribution < 1.29 is 23.5 Å². The van der Waals surface area contributed by atoms with Crippen LogP contribution in [0.15, 0.2) is 57.7 Å². The van der Waals surface area contributed by atoms with Gasteiger partial charge in [0.1, 0.15) is 24.0 Å². The van der Waals surface area contributed by atoms with E-state index in [0.29, 0.717) is 17.6 Å². The molecule has 3 aromatic rings. The number of carbonyl (C=O) groups is 2. The van der Waals surface area contributed by atoms with E-state index in [1.165, 1.54) is 13.0 Å². The first kappa shape index (κ1) is 22.1. The molecule has 0 bridgehead atoms. The van der Waals surface area contributed by atoms with Gasteiger partial charge < -0.3 is 19.2 Å². The summed E-state index contributed by atoms with van der Waals surface area (Å²) in [6.07, 6.45) is 0.757. The van der Waals surface area contributed by atoms with Gasteiger partial charge in [-0.05, 0) is 43.5 Å². The summed E-state index contributed by atoms with van der Waals surface area (Å²) >= 11 is 0. The van der Waals surface area contributed by atoms with Crippen molar-refractivity contribution in [3.05, 3.63) is 75.6 Å². The highest BCUT2D eigenvalue weighted by Crippen LogP contribution is 2.25. The van der Waals surface area contributed by atoms with Crippen LogP contribution in [0.4, 0.5) is 4.79 Å². The predicted octanol–water partition coefficient (Wildman–Crippen LogP) is 4.27. The Morgan fingerprint density at radius 2 is 1.87 bits per heavy atom. The van der Waals surface area contributed by atoms with Crippen molar-refractivity contribution in [2.75, 3.05) is 0 Å². The molecule has 1 N–H and O–H groups in total. The van der Waals surface area contributed by atoms with E-state index in [1.54, 1.807) is 12.1 Å². The highest BCUT2D eigenvalue weighted by atomic mass is 16.6. The van der Waals surface area contributed by atoms with Crippen LogP contribution in [0.3, 0.4) is 0 Å². The van der Waals surface area contributed by atoms with E-state index in [2.05, 4.69) is 5.32 Å². The van der Waals surface area contributed by atoms with Gasteiger partial charge in [0.2, 0.25) is 0 Å². The SMILES string of the molecule is CCCc1c(C)c2ccc(OC(=O)C(C)NC(=O)OCc3ccccc3)cc2oc1=O. The van der Waals surface area contributed by atoms with Gasteiger partial charge in [0, 0.05) is 17.0 Å². The maximum atomic E-state index is 12.3. The zero-order chi connectivity index (χ0) is 22.4. The highest BCUT2D eigenvalue weighted by Gasteiger charge is 2.19. The van der Waals surface area contributed by atoms with E-state index in [0.717, 1.165) is 22.9 Å². The summed E-state index contributed by atoms with van der Waals surface area (Å²) in [5.74, 6) is -0.452. The van der Waals surface area contributed by atoms with E-state index >= 15 is 0 Å². The quantitative estimate of drug-likeness (QED) is 0.346. The average molecular weight is 423 g/mol. The van der Waals surface area contributed by atoms with Crippen LogP contribution in [-0.2, 0) is 22.6 Å². The number of amides is 1. The Balaban J connectivity index is 1.63. The van der Waals surface area contributed by atoms with Crippen LogP contribution in [-0.4, -0.2) is 18.1 Å². The second-order valence-corrected chi connectivity index (χ2v) is 7.25. The zero-order valence-electron chi connectivity index (χ0n) is 17.8. The van der Waals surface area contributed by atoms with Gasteiger partial charge in [-0.1, -0.05) is 43.7 Å². The lowest BCUT2D eigenvalue weighted by molar-refractivity contribution is -0.136. The maximum Gasteiger partial charge on any atom is 0.408 e. The molecule has 3 rings (SSSR count). The first-order valence-electron chi connectivity index (χ1n) is 10.1. The van der Waals surface area contributed by atoms with Gasteiger partial charge in [0.15, 0.2) is 0 Å². The molecule has 1 amide bonds. The number of aryl methyl sites for hydroxylation is 1. The summed E-state index contributed by atoms with van der Waals surface area (Å²) in [4.78, 5) is 36.5. The topological polar surface area (TPSA) is 94.8 Å². The van der Waals surface area contributed by atoms with Crippen LogP contribution in [0.5, 0.6) is 5.75 Å². The smallest absolute Gasteiger partial charge is 0.408 e. The van der Waals surface area contributed by atoms with Gasteiger partial charge in [0.05, 0.1) is 0 Å². The molecule has 7 nitrogen and oxygen atoms in total. The Hall–Kier alpha value is -3.61. The van der Waals surface area contributed by atoms with Gasteiger partial charge in [-0.25, -0.2) is 14.4 Å². The Kier molecular flexibility index (Phi) is 7.07. The Bertz CT molecular complexity index is 1140. The van der Waals surface area contributed by atoms with Crippen molar-refractivity contribution in [1.29, 1.82) is 0 Å². The van der Waals surface area contributed by atoms with Crippen LogP contribution < -0.4 is 15.7 Å². The van der Waals surface area contributed by atoms with E-state index in [4.69, 9.17) is 13.9 Å². The number of alkyl carbamates (subject to hydrolysis) is 1. The first-order valence-corrected chi connectivity index (χ1v) is 10.1. The van der Waals surface area contributed by atoms with Crippen molar-refractivity contribution in [2.24, 2.45) is 0 Å². The van der Waals surface area contributed by atoms with Crippen molar-refractivity contribution in [2.45, 2.75) is 46.3 Å². The fourth-order valence-electron chi connectivity index (χ4n) is 3.18. The number of rotatable bonds is 7. The molecule has 0 spiro atoms. The minimum absolute atomic E-state index is 0.0948. The van der Waals surface area contributed by atoms with E-state index in [-0.39, 0.29) is 18.0 Å². The molecule has 31 heavy (non-hydrogen) atoms. The summed E-state index contributed by atoms with van der Waals surface area (Å²) in [7, 11) is 0. The monoisotopic (exact) mass is 423 g/mol. The highest BCUT2D eigenvalue weighted by molar-refractivity contribution is 5.85. The van der Waals surface area contributed by atoms with Crippen molar-refractivity contribution >= 4 is 23.0 Å². The van der Waals surface area contributed by atoms with E-state index in [9.17, 15) is 14.4 Å². The Morgan fingerprint density at radius 1 is 1.13 bits per heavy atom. The largest absolute Gasteiger partial charge is 0.445 e. The van der Waals surface area contributed by atoms with Gasteiger partial charge in [-0.15, -0.1) is 0 Å². The number of nitrogens with one attached hydrogen (secondary N) is 1. The van der Waals surface area contributed by atoms with Crippen LogP contribution in [0.25, 0.3) is 11.0 Å². The van der Waals surface area contributed by atoms with Crippen molar-refractivity contribution in [3.63, 3.8) is 0 Å². The molecule has 1 unspecified atom stereocenters. The molecule has 7 heteroatoms. The van der Waals surface area contributed by atoms with Gasteiger partial charge in [-0.3, -0.25) is 0 Å². The molecule has 0 saturated carbocycles. The molecular formula is C24H25NO6. The Morgan fingerprint density at radius 3 is 2.58 bits per heavy atom. The lowest BCUT2D eigenvalue weighted by Gasteiger charge is -2.14. The van der Waals surface area contributed by atoms with Crippen molar-refractivity contribution in [3.8, 4) is 5.75 Å². The molecular weight excluding hydrogens is 398 g/mol. The molecule has 0 saturated heterocycles. The third-order valence-corrected chi connectivity index (χ3v) is 4.88. The molecule has 0 aliphatic rings. The fraction of sp³-hybridized carbons (Fsp3) is 0.292. The van der Waals surface area contributed by atoms with Crippen molar-refractivity contribution in [1.82, 2.24) is 5.32 Å². The second kappa shape index (κ2) is 9.93. The third kappa shape index (κ3) is 5.51. The van der Waals surface area contributed by atoms with Gasteiger partial charge in [0.25, 0.3) is 0 Å². The number of fused-ring (bicyclic) bond motifs is 1. The summed E-state index contributed by atoms with van der Waals surface area (Å²) in [5, 5.41) is 3.23. The molecule has 2 aromatic carbocycles. The average Bonchev–Trinajstić information content (AvgIpc) is 2.75. The number of carbonyl (C=O) groups excluding carboxylic acids is 2. The molecule has 0 aliphatic heterocycles. The second-order valence-electron chi connectivity index (χ2n) is 7.25. The fourth-order valence-corrected chi connectivity index (χ4v) is 3.18. The van der Waals surface area contributed by atoms with Crippen LogP contribution >= 0.6 is 0 Å². The first-order chi connectivity index (χ1) is 14.9. The summed E-state index contributed by atoms with van der Waals surface area (Å²) in [5.41, 5.74) is 2.32. The summed E-state index contributed by atoms with van der Waals surface area (Å²) in [6.45, 7) is 5.47. The number of benzene rings is 2. The summed E-state index contributed by atoms with van der Waals surface area (Å²) in [6, 6.07) is 13.2. The van der Waals surface area contributed by atoms with E-state index < -0.39 is 18.1 Å². The molecule has 0 fully saturated rings. The van der Waals surface area contributed by atoms with E-state index in [1.807, 2.05) is 44.2 Å². The number of hydrogen-bond donors (Lipinski definition) is 1. The predicted molar refractivity (Wildman–Crippen MR) is 116 cm³/mol. The lowest BCUT2D eigenvalue weighted by atomic mass is 10.0. The number of hydrogen-bond acceptors (Lipinski definition) is 6. The van der Waals surface area contributed by atoms with Crippen LogP contribution in [0.1, 0.15) is 37.0 Å². The molecule has 0 aliphatic carbocycles. The normalized spacial score (nSPS) is 11.7.